The first kappa shape index (κ1) is 27.6. The summed E-state index contributed by atoms with van der Waals surface area (Å²) in [6.45, 7) is 5.49. The maximum Gasteiger partial charge on any atom is 0.355 e. The second-order valence-electron chi connectivity index (χ2n) is 11.5. The first-order valence-electron chi connectivity index (χ1n) is 13.6. The maximum absolute atomic E-state index is 13.5. The number of ether oxygens (including phenoxy) is 1. The highest BCUT2D eigenvalue weighted by atomic mass is 35.5. The lowest BCUT2D eigenvalue weighted by Gasteiger charge is -2.19. The summed E-state index contributed by atoms with van der Waals surface area (Å²) in [7, 11) is 1.82. The van der Waals surface area contributed by atoms with Crippen molar-refractivity contribution in [2.45, 2.75) is 51.7 Å². The van der Waals surface area contributed by atoms with Crippen LogP contribution in [0.25, 0.3) is 27.7 Å². The van der Waals surface area contributed by atoms with Gasteiger partial charge in [-0.25, -0.2) is 4.79 Å². The van der Waals surface area contributed by atoms with Crippen molar-refractivity contribution in [3.8, 4) is 16.8 Å². The van der Waals surface area contributed by atoms with Gasteiger partial charge in [0.05, 0.1) is 11.7 Å². The topological polar surface area (TPSA) is 114 Å². The van der Waals surface area contributed by atoms with E-state index in [1.165, 1.54) is 17.1 Å². The van der Waals surface area contributed by atoms with Crippen LogP contribution in [0.2, 0.25) is 5.02 Å². The van der Waals surface area contributed by atoms with Crippen molar-refractivity contribution < 1.29 is 14.3 Å². The van der Waals surface area contributed by atoms with E-state index in [9.17, 15) is 14.4 Å². The number of hydrogen-bond donors (Lipinski definition) is 0. The second-order valence-corrected chi connectivity index (χ2v) is 12.0. The van der Waals surface area contributed by atoms with Crippen LogP contribution in [0.15, 0.2) is 65.7 Å². The Kier molecular flexibility index (Phi) is 6.81. The molecule has 0 fully saturated rings. The number of benzene rings is 2. The SMILES string of the molecule is Cn1c(C(=O)OC(C)(C)C)cc2cc(CC(=O)C3CCc4cc(-c5cc(Cl)ccc5-n5cnnn5)cc(=O)n43)ccc21. The number of hydrogen-bond acceptors (Lipinski definition) is 7. The minimum atomic E-state index is -0.604. The van der Waals surface area contributed by atoms with Crippen LogP contribution in [0.4, 0.5) is 0 Å². The fourth-order valence-electron chi connectivity index (χ4n) is 5.62. The third kappa shape index (κ3) is 5.14. The monoisotopic (exact) mass is 584 g/mol. The van der Waals surface area contributed by atoms with Crippen LogP contribution in [0, 0.1) is 0 Å². The quantitative estimate of drug-likeness (QED) is 0.261. The van der Waals surface area contributed by atoms with Gasteiger partial charge in [0, 0.05) is 46.7 Å². The zero-order chi connectivity index (χ0) is 29.8. The number of Topliss-reactive ketones (excluding diaryl/α,β-unsaturated/α-hetero) is 1. The summed E-state index contributed by atoms with van der Waals surface area (Å²) < 4.78 is 10.5. The molecule has 5 aromatic rings. The minimum absolute atomic E-state index is 0.0385. The molecule has 0 bridgehead atoms. The molecule has 0 saturated heterocycles. The van der Waals surface area contributed by atoms with Crippen molar-refractivity contribution in [1.82, 2.24) is 29.3 Å². The number of rotatable bonds is 6. The van der Waals surface area contributed by atoms with Gasteiger partial charge in [0.15, 0.2) is 5.78 Å². The van der Waals surface area contributed by atoms with Crippen LogP contribution in [-0.4, -0.2) is 46.7 Å². The van der Waals surface area contributed by atoms with E-state index in [0.29, 0.717) is 40.4 Å². The van der Waals surface area contributed by atoms with E-state index < -0.39 is 17.6 Å². The summed E-state index contributed by atoms with van der Waals surface area (Å²) in [6.07, 6.45) is 2.79. The highest BCUT2D eigenvalue weighted by molar-refractivity contribution is 6.31. The van der Waals surface area contributed by atoms with Gasteiger partial charge in [0.25, 0.3) is 5.56 Å². The Labute approximate surface area is 246 Å². The number of fused-ring (bicyclic) bond motifs is 2. The number of ketones is 1. The lowest BCUT2D eigenvalue weighted by atomic mass is 10.0. The number of tetrazole rings is 1. The number of halogens is 1. The van der Waals surface area contributed by atoms with E-state index in [4.69, 9.17) is 16.3 Å². The van der Waals surface area contributed by atoms with Crippen molar-refractivity contribution in [3.05, 3.63) is 93.3 Å². The molecule has 2 aromatic carbocycles. The predicted molar refractivity (Wildman–Crippen MR) is 158 cm³/mol. The van der Waals surface area contributed by atoms with Gasteiger partial charge in [0.2, 0.25) is 0 Å². The van der Waals surface area contributed by atoms with Crippen LogP contribution >= 0.6 is 11.6 Å². The lowest BCUT2D eigenvalue weighted by molar-refractivity contribution is -0.121. The summed E-state index contributed by atoms with van der Waals surface area (Å²) in [4.78, 5) is 39.6. The minimum Gasteiger partial charge on any atom is -0.455 e. The average molecular weight is 585 g/mol. The molecule has 3 aromatic heterocycles. The summed E-state index contributed by atoms with van der Waals surface area (Å²) in [5.74, 6) is -0.439. The number of pyridine rings is 1. The first-order chi connectivity index (χ1) is 20.0. The van der Waals surface area contributed by atoms with Crippen LogP contribution in [0.3, 0.4) is 0 Å². The molecule has 0 saturated carbocycles. The molecule has 0 spiro atoms. The highest BCUT2D eigenvalue weighted by Crippen LogP contribution is 2.33. The predicted octanol–water partition coefficient (Wildman–Crippen LogP) is 4.89. The Morgan fingerprint density at radius 2 is 1.88 bits per heavy atom. The van der Waals surface area contributed by atoms with Crippen molar-refractivity contribution in [2.75, 3.05) is 0 Å². The van der Waals surface area contributed by atoms with Gasteiger partial charge in [-0.15, -0.1) is 5.10 Å². The molecular weight excluding hydrogens is 556 g/mol. The number of esters is 1. The molecule has 10 nitrogen and oxygen atoms in total. The molecule has 1 atom stereocenters. The number of carbonyl (C=O) groups excluding carboxylic acids is 2. The summed E-state index contributed by atoms with van der Waals surface area (Å²) in [5.41, 5.74) is 4.15. The largest absolute Gasteiger partial charge is 0.455 e. The van der Waals surface area contributed by atoms with Crippen molar-refractivity contribution in [1.29, 1.82) is 0 Å². The first-order valence-corrected chi connectivity index (χ1v) is 14.0. The van der Waals surface area contributed by atoms with Crippen molar-refractivity contribution in [3.63, 3.8) is 0 Å². The normalized spacial score (nSPS) is 14.7. The molecule has 0 N–H and O–H groups in total. The van der Waals surface area contributed by atoms with Gasteiger partial charge in [-0.3, -0.25) is 9.59 Å². The van der Waals surface area contributed by atoms with Gasteiger partial charge < -0.3 is 13.9 Å². The molecule has 0 amide bonds. The maximum atomic E-state index is 13.5. The molecule has 42 heavy (non-hydrogen) atoms. The highest BCUT2D eigenvalue weighted by Gasteiger charge is 2.30. The standard InChI is InChI=1S/C31H29ClN6O4/c1-31(2,3)42-30(41)27-14-20-11-18(5-8-24(20)36(27)4)12-28(39)26-10-7-22-13-19(15-29(40)38(22)26)23-16-21(32)6-9-25(23)37-17-33-34-35-37/h5-6,8-9,11,13-17,26H,7,10,12H2,1-4H3. The van der Waals surface area contributed by atoms with Gasteiger partial charge in [-0.2, -0.15) is 4.68 Å². The van der Waals surface area contributed by atoms with E-state index in [1.54, 1.807) is 33.4 Å². The Morgan fingerprint density at radius 1 is 1.07 bits per heavy atom. The molecule has 1 aliphatic rings. The number of carbonyl (C=O) groups is 2. The van der Waals surface area contributed by atoms with Crippen LogP contribution < -0.4 is 5.56 Å². The molecular formula is C31H29ClN6O4. The summed E-state index contributed by atoms with van der Waals surface area (Å²) in [5, 5.41) is 12.8. The average Bonchev–Trinajstić information content (AvgIpc) is 3.67. The van der Waals surface area contributed by atoms with E-state index in [0.717, 1.165) is 22.2 Å². The van der Waals surface area contributed by atoms with E-state index in [-0.39, 0.29) is 17.8 Å². The number of nitrogens with zero attached hydrogens (tertiary/aromatic N) is 6. The third-order valence-corrected chi connectivity index (χ3v) is 7.70. The third-order valence-electron chi connectivity index (χ3n) is 7.46. The second kappa shape index (κ2) is 10.4. The molecule has 6 rings (SSSR count). The molecule has 1 aliphatic heterocycles. The molecule has 0 radical (unpaired) electrons. The lowest BCUT2D eigenvalue weighted by Crippen LogP contribution is -2.28. The zero-order valence-electron chi connectivity index (χ0n) is 23.7. The number of aryl methyl sites for hydroxylation is 2. The molecule has 11 heteroatoms. The Hall–Kier alpha value is -4.57. The van der Waals surface area contributed by atoms with Crippen LogP contribution in [0.1, 0.15) is 55.0 Å². The molecule has 4 heterocycles. The van der Waals surface area contributed by atoms with Crippen molar-refractivity contribution >= 4 is 34.3 Å². The van der Waals surface area contributed by atoms with E-state index >= 15 is 0 Å². The Bertz CT molecular complexity index is 1920. The van der Waals surface area contributed by atoms with Gasteiger partial charge in [-0.1, -0.05) is 17.7 Å². The molecule has 214 valence electrons. The van der Waals surface area contributed by atoms with Gasteiger partial charge in [-0.05, 0) is 97.6 Å². The summed E-state index contributed by atoms with van der Waals surface area (Å²) in [6, 6.07) is 15.7. The Morgan fingerprint density at radius 3 is 2.62 bits per heavy atom. The Balaban J connectivity index is 1.27. The van der Waals surface area contributed by atoms with E-state index in [2.05, 4.69) is 15.5 Å². The summed E-state index contributed by atoms with van der Waals surface area (Å²) >= 11 is 6.30. The van der Waals surface area contributed by atoms with E-state index in [1.807, 2.05) is 52.1 Å². The van der Waals surface area contributed by atoms with Gasteiger partial charge in [0.1, 0.15) is 17.6 Å². The fourth-order valence-corrected chi connectivity index (χ4v) is 5.79. The van der Waals surface area contributed by atoms with Crippen LogP contribution in [-0.2, 0) is 29.4 Å². The smallest absolute Gasteiger partial charge is 0.355 e. The number of aromatic nitrogens is 6. The van der Waals surface area contributed by atoms with Crippen LogP contribution in [0.5, 0.6) is 0 Å². The van der Waals surface area contributed by atoms with Crippen molar-refractivity contribution in [2.24, 2.45) is 7.05 Å². The zero-order valence-corrected chi connectivity index (χ0v) is 24.4. The molecule has 1 unspecified atom stereocenters. The molecule has 0 aliphatic carbocycles. The van der Waals surface area contributed by atoms with Gasteiger partial charge >= 0.3 is 5.97 Å². The fraction of sp³-hybridized carbons (Fsp3) is 0.290.